The zero-order valence-electron chi connectivity index (χ0n) is 37.9. The average molecular weight is 972 g/mol. The second-order valence-corrected chi connectivity index (χ2v) is 16.1. The third kappa shape index (κ3) is 13.5. The number of fused-ring (bicyclic) bond motifs is 2. The predicted octanol–water partition coefficient (Wildman–Crippen LogP) is 14.7. The molecule has 4 aromatic carbocycles. The van der Waals surface area contributed by atoms with E-state index in [0.717, 1.165) is 57.3 Å². The Kier molecular flexibility index (Phi) is 18.6. The molecular weight excluding hydrogens is 908 g/mol. The Labute approximate surface area is 368 Å². The molecule has 2 heterocycles. The van der Waals surface area contributed by atoms with Gasteiger partial charge in [-0.2, -0.15) is 0 Å². The third-order valence-corrected chi connectivity index (χ3v) is 10.7. The first-order chi connectivity index (χ1) is 28.1. The normalized spacial score (nSPS) is 12.1. The van der Waals surface area contributed by atoms with E-state index in [1.807, 2.05) is 40.0 Å². The number of aliphatic hydroxyl groups excluding tert-OH is 1. The molecule has 315 valence electrons. The van der Waals surface area contributed by atoms with Crippen LogP contribution in [0.15, 0.2) is 97.0 Å². The Balaban J connectivity index is 0.000000242. The molecule has 0 saturated carbocycles. The van der Waals surface area contributed by atoms with E-state index in [1.54, 1.807) is 0 Å². The second-order valence-electron chi connectivity index (χ2n) is 16.1. The van der Waals surface area contributed by atoms with E-state index in [9.17, 15) is 14.3 Å². The molecule has 2 aromatic heterocycles. The van der Waals surface area contributed by atoms with E-state index in [2.05, 4.69) is 137 Å². The Bertz CT molecular complexity index is 2340. The largest absolute Gasteiger partial charge is 0.512 e. The fourth-order valence-electron chi connectivity index (χ4n) is 7.29. The number of allylic oxidation sites excluding steroid dienone is 2. The number of carbonyl (C=O) groups excluding carboxylic acids is 1. The van der Waals surface area contributed by atoms with Gasteiger partial charge in [-0.3, -0.25) is 9.18 Å². The number of nitrogens with zero attached hydrogens (tertiary/aromatic N) is 2. The van der Waals surface area contributed by atoms with Crippen molar-refractivity contribution < 1.29 is 35.8 Å². The Morgan fingerprint density at radius 1 is 0.712 bits per heavy atom. The Morgan fingerprint density at radius 2 is 1.19 bits per heavy atom. The van der Waals surface area contributed by atoms with E-state index in [-0.39, 0.29) is 49.9 Å². The van der Waals surface area contributed by atoms with Crippen molar-refractivity contribution in [2.24, 2.45) is 11.8 Å². The fraction of sp³-hybridized carbons (Fsp3) is 0.377. The molecule has 0 amide bonds. The number of carbonyl (C=O) groups is 1. The van der Waals surface area contributed by atoms with Crippen molar-refractivity contribution in [1.29, 1.82) is 0 Å². The maximum absolute atomic E-state index is 12.2. The molecule has 59 heavy (non-hydrogen) atoms. The quantitative estimate of drug-likeness (QED) is 0.0754. The van der Waals surface area contributed by atoms with Crippen LogP contribution in [0.25, 0.3) is 44.1 Å². The van der Waals surface area contributed by atoms with Crippen LogP contribution in [0.1, 0.15) is 121 Å². The molecule has 0 spiro atoms. The molecule has 0 fully saturated rings. The van der Waals surface area contributed by atoms with Crippen LogP contribution in [0.3, 0.4) is 0 Å². The van der Waals surface area contributed by atoms with Crippen molar-refractivity contribution in [2.75, 3.05) is 6.67 Å². The van der Waals surface area contributed by atoms with Crippen molar-refractivity contribution >= 4 is 27.3 Å². The average Bonchev–Trinajstić information content (AvgIpc) is 3.19. The summed E-state index contributed by atoms with van der Waals surface area (Å²) in [6, 6.07) is 32.4. The number of hydrogen-bond donors (Lipinski definition) is 1. The van der Waals surface area contributed by atoms with Crippen LogP contribution >= 0.6 is 0 Å². The molecule has 0 aliphatic rings. The van der Waals surface area contributed by atoms with Gasteiger partial charge in [0.2, 0.25) is 0 Å². The maximum Gasteiger partial charge on any atom is 0.162 e. The van der Waals surface area contributed by atoms with Gasteiger partial charge in [-0.1, -0.05) is 113 Å². The first-order valence-corrected chi connectivity index (χ1v) is 20.9. The summed E-state index contributed by atoms with van der Waals surface area (Å²) >= 11 is 0. The number of alkyl halides is 1. The van der Waals surface area contributed by atoms with Gasteiger partial charge in [0.05, 0.1) is 13.8 Å². The molecule has 0 saturated heterocycles. The van der Waals surface area contributed by atoms with Gasteiger partial charge in [0, 0.05) is 50.4 Å². The molecule has 1 unspecified atom stereocenters. The number of pyridine rings is 2. The van der Waals surface area contributed by atoms with Crippen molar-refractivity contribution in [2.45, 2.75) is 114 Å². The van der Waals surface area contributed by atoms with Crippen molar-refractivity contribution in [3.8, 4) is 22.5 Å². The minimum absolute atomic E-state index is 0. The van der Waals surface area contributed by atoms with Gasteiger partial charge in [-0.25, -0.2) is 0 Å². The van der Waals surface area contributed by atoms with E-state index in [1.165, 1.54) is 39.1 Å². The van der Waals surface area contributed by atoms with E-state index in [0.29, 0.717) is 24.4 Å². The summed E-state index contributed by atoms with van der Waals surface area (Å²) in [7, 11) is 0. The number of aryl methyl sites for hydroxylation is 4. The number of hydrogen-bond acceptors (Lipinski definition) is 4. The topological polar surface area (TPSA) is 63.1 Å². The van der Waals surface area contributed by atoms with Gasteiger partial charge >= 0.3 is 0 Å². The van der Waals surface area contributed by atoms with E-state index >= 15 is 0 Å². The van der Waals surface area contributed by atoms with Gasteiger partial charge in [-0.15, -0.1) is 69.8 Å². The molecule has 6 heteroatoms. The number of aromatic nitrogens is 2. The maximum atomic E-state index is 12.2. The SMILES string of the molecule is CCC(CC)C(=O)/C=C(\O)C(CC)CCF.Cc1[c-]c(-c2nccc3cc(C(C)C)ccc23)cc(C)c1.[2H]c1cc2cc(C(C)C)ccc2c(-c2[c-]c(C)cc(C)c2)n1.[Ir]. The Morgan fingerprint density at radius 3 is 1.63 bits per heavy atom. The van der Waals surface area contributed by atoms with Gasteiger partial charge in [-0.05, 0) is 93.7 Å². The van der Waals surface area contributed by atoms with Gasteiger partial charge < -0.3 is 15.1 Å². The molecule has 1 atom stereocenters. The molecule has 1 radical (unpaired) electrons. The monoisotopic (exact) mass is 972 g/mol. The zero-order valence-corrected chi connectivity index (χ0v) is 39.3. The van der Waals surface area contributed by atoms with Crippen LogP contribution in [-0.2, 0) is 24.9 Å². The minimum Gasteiger partial charge on any atom is -0.512 e. The first-order valence-electron chi connectivity index (χ1n) is 21.4. The molecule has 6 rings (SSSR count). The zero-order chi connectivity index (χ0) is 43.4. The molecule has 1 N–H and O–H groups in total. The van der Waals surface area contributed by atoms with Crippen molar-refractivity contribution in [1.82, 2.24) is 9.97 Å². The summed E-state index contributed by atoms with van der Waals surface area (Å²) < 4.78 is 20.2. The summed E-state index contributed by atoms with van der Waals surface area (Å²) in [5.41, 5.74) is 11.3. The van der Waals surface area contributed by atoms with Crippen molar-refractivity contribution in [3.05, 3.63) is 143 Å². The van der Waals surface area contributed by atoms with Crippen LogP contribution in [0, 0.1) is 51.7 Å². The summed E-state index contributed by atoms with van der Waals surface area (Å²) in [6.45, 7) is 22.5. The second kappa shape index (κ2) is 23.3. The van der Waals surface area contributed by atoms with Gasteiger partial charge in [0.1, 0.15) is 0 Å². The van der Waals surface area contributed by atoms with Crippen LogP contribution in [0.2, 0.25) is 0 Å². The molecule has 0 bridgehead atoms. The van der Waals surface area contributed by atoms with Crippen LogP contribution in [0.4, 0.5) is 4.39 Å². The number of benzene rings is 4. The summed E-state index contributed by atoms with van der Waals surface area (Å²) in [6.07, 6.45) is 5.99. The third-order valence-electron chi connectivity index (χ3n) is 10.7. The minimum atomic E-state index is -0.463. The van der Waals surface area contributed by atoms with Crippen LogP contribution < -0.4 is 0 Å². The number of halogens is 1. The molecule has 4 nitrogen and oxygen atoms in total. The van der Waals surface area contributed by atoms with Crippen LogP contribution in [0.5, 0.6) is 0 Å². The molecule has 0 aliphatic heterocycles. The summed E-state index contributed by atoms with van der Waals surface area (Å²) in [5, 5.41) is 14.3. The number of rotatable bonds is 12. The smallest absolute Gasteiger partial charge is 0.162 e. The number of aliphatic hydroxyl groups is 1. The predicted molar refractivity (Wildman–Crippen MR) is 243 cm³/mol. The standard InChI is InChI=1S/2C20H20N.C13H23FO2.Ir/c2*1-13(2)16-5-6-19-17(12-16)7-8-21-20(19)18-10-14(3)9-15(4)11-18;1-4-10(5-2)12(15)9-13(16)11(6-3)7-8-14;/h2*5-10,12-13H,1-4H3;9-11,16H,4-8H2,1-3H3;/q2*-1;;/b;;13-9-;/i8D;;;. The summed E-state index contributed by atoms with van der Waals surface area (Å²) in [5.74, 6) is 0.770. The van der Waals surface area contributed by atoms with Crippen molar-refractivity contribution in [3.63, 3.8) is 0 Å². The van der Waals surface area contributed by atoms with Gasteiger partial charge in [0.25, 0.3) is 0 Å². The molecule has 6 aromatic rings. The van der Waals surface area contributed by atoms with Gasteiger partial charge in [0.15, 0.2) is 5.78 Å². The summed E-state index contributed by atoms with van der Waals surface area (Å²) in [4.78, 5) is 20.8. The number of ketones is 1. The van der Waals surface area contributed by atoms with E-state index < -0.39 is 6.67 Å². The molecule has 0 aliphatic carbocycles. The first kappa shape index (κ1) is 47.2. The van der Waals surface area contributed by atoms with Crippen LogP contribution in [-0.4, -0.2) is 27.5 Å². The molecular formula is C53H63FIrN2O2-2. The fourth-order valence-corrected chi connectivity index (χ4v) is 7.29. The Hall–Kier alpha value is -4.51. The van der Waals surface area contributed by atoms with E-state index in [4.69, 9.17) is 1.37 Å².